The van der Waals surface area contributed by atoms with Crippen molar-refractivity contribution in [2.75, 3.05) is 19.6 Å². The van der Waals surface area contributed by atoms with Gasteiger partial charge in [-0.05, 0) is 25.8 Å². The van der Waals surface area contributed by atoms with Crippen molar-refractivity contribution in [3.05, 3.63) is 0 Å². The minimum Gasteiger partial charge on any atom is -0.481 e. The van der Waals surface area contributed by atoms with Gasteiger partial charge in [0.1, 0.15) is 0 Å². The molecule has 3 amide bonds. The van der Waals surface area contributed by atoms with Crippen molar-refractivity contribution in [1.29, 1.82) is 0 Å². The van der Waals surface area contributed by atoms with Crippen molar-refractivity contribution >= 4 is 17.9 Å². The monoisotopic (exact) mass is 299 g/mol. The molecule has 0 aromatic carbocycles. The molecule has 1 rings (SSSR count). The fourth-order valence-corrected chi connectivity index (χ4v) is 2.47. The van der Waals surface area contributed by atoms with Crippen molar-refractivity contribution in [3.63, 3.8) is 0 Å². The molecule has 120 valence electrons. The lowest BCUT2D eigenvalue weighted by Crippen LogP contribution is -2.49. The first-order valence-corrected chi connectivity index (χ1v) is 7.56. The highest BCUT2D eigenvalue weighted by Gasteiger charge is 2.26. The van der Waals surface area contributed by atoms with Crippen LogP contribution in [0.4, 0.5) is 4.79 Å². The number of carbonyl (C=O) groups excluding carboxylic acids is 2. The zero-order valence-corrected chi connectivity index (χ0v) is 12.6. The van der Waals surface area contributed by atoms with Gasteiger partial charge in [0.2, 0.25) is 5.91 Å². The molecule has 0 bridgehead atoms. The molecule has 1 fully saturated rings. The molecule has 0 saturated carbocycles. The lowest BCUT2D eigenvalue weighted by molar-refractivity contribution is -0.139. The Morgan fingerprint density at radius 3 is 2.71 bits per heavy atom. The predicted octanol–water partition coefficient (Wildman–Crippen LogP) is 0.941. The summed E-state index contributed by atoms with van der Waals surface area (Å²) < 4.78 is 0. The molecule has 0 aliphatic carbocycles. The largest absolute Gasteiger partial charge is 0.481 e. The number of carbonyl (C=O) groups is 3. The maximum absolute atomic E-state index is 11.8. The lowest BCUT2D eigenvalue weighted by atomic mass is 9.99. The highest BCUT2D eigenvalue weighted by Crippen LogP contribution is 2.19. The van der Waals surface area contributed by atoms with Crippen LogP contribution in [0.15, 0.2) is 0 Å². The molecule has 0 radical (unpaired) electrons. The fraction of sp³-hybridized carbons (Fsp3) is 0.786. The first-order chi connectivity index (χ1) is 10.0. The molecule has 0 aromatic rings. The van der Waals surface area contributed by atoms with Crippen LogP contribution < -0.4 is 10.6 Å². The van der Waals surface area contributed by atoms with Crippen LogP contribution in [-0.4, -0.2) is 53.6 Å². The number of likely N-dealkylation sites (tertiary alicyclic amines) is 1. The van der Waals surface area contributed by atoms with Gasteiger partial charge in [0.05, 0.1) is 13.0 Å². The number of aliphatic carboxylic acids is 1. The summed E-state index contributed by atoms with van der Waals surface area (Å²) >= 11 is 0. The second kappa shape index (κ2) is 9.33. The molecule has 1 saturated heterocycles. The molecule has 1 unspecified atom stereocenters. The quantitative estimate of drug-likeness (QED) is 0.608. The Hall–Kier alpha value is -1.63. The summed E-state index contributed by atoms with van der Waals surface area (Å²) in [6, 6.07) is -0.606. The second-order valence-corrected chi connectivity index (χ2v) is 5.38. The molecule has 0 spiro atoms. The van der Waals surface area contributed by atoms with Crippen molar-refractivity contribution in [3.8, 4) is 0 Å². The summed E-state index contributed by atoms with van der Waals surface area (Å²) in [5, 5.41) is 13.8. The molecule has 1 aliphatic rings. The Morgan fingerprint density at radius 1 is 1.29 bits per heavy atom. The zero-order valence-electron chi connectivity index (χ0n) is 12.6. The Labute approximate surface area is 125 Å². The van der Waals surface area contributed by atoms with Gasteiger partial charge < -0.3 is 10.4 Å². The third-order valence-corrected chi connectivity index (χ3v) is 3.57. The molecule has 1 atom stereocenters. The number of nitrogens with one attached hydrogen (secondary N) is 2. The molecular formula is C14H25N3O4. The molecule has 0 aromatic heterocycles. The van der Waals surface area contributed by atoms with Gasteiger partial charge in [-0.15, -0.1) is 0 Å². The maximum atomic E-state index is 11.8. The number of unbranched alkanes of at least 4 members (excludes halogenated alkanes) is 1. The normalized spacial score (nSPS) is 19.0. The van der Waals surface area contributed by atoms with Crippen molar-refractivity contribution in [1.82, 2.24) is 15.5 Å². The Morgan fingerprint density at radius 2 is 2.05 bits per heavy atom. The number of urea groups is 1. The number of carboxylic acids is 1. The van der Waals surface area contributed by atoms with Gasteiger partial charge in [-0.2, -0.15) is 0 Å². The average molecular weight is 299 g/mol. The van der Waals surface area contributed by atoms with Gasteiger partial charge in [0, 0.05) is 12.6 Å². The Bertz CT molecular complexity index is 373. The van der Waals surface area contributed by atoms with E-state index in [1.165, 1.54) is 0 Å². The lowest BCUT2D eigenvalue weighted by Gasteiger charge is -2.34. The molecule has 21 heavy (non-hydrogen) atoms. The number of nitrogens with zero attached hydrogens (tertiary/aromatic N) is 1. The van der Waals surface area contributed by atoms with Gasteiger partial charge >= 0.3 is 12.0 Å². The van der Waals surface area contributed by atoms with E-state index in [1.54, 1.807) is 0 Å². The highest BCUT2D eigenvalue weighted by molar-refractivity contribution is 5.95. The summed E-state index contributed by atoms with van der Waals surface area (Å²) in [5.74, 6) is -1.24. The van der Waals surface area contributed by atoms with Crippen LogP contribution in [0.1, 0.15) is 45.4 Å². The van der Waals surface area contributed by atoms with Gasteiger partial charge in [-0.25, -0.2) is 4.79 Å². The molecule has 1 aliphatic heterocycles. The van der Waals surface area contributed by atoms with Gasteiger partial charge in [-0.3, -0.25) is 19.8 Å². The summed E-state index contributed by atoms with van der Waals surface area (Å²) in [6.07, 6.45) is 4.59. The minimum absolute atomic E-state index is 0.0377. The van der Waals surface area contributed by atoms with Crippen LogP contribution in [0, 0.1) is 0 Å². The molecule has 1 heterocycles. The van der Waals surface area contributed by atoms with Gasteiger partial charge in [0.25, 0.3) is 0 Å². The van der Waals surface area contributed by atoms with E-state index >= 15 is 0 Å². The number of rotatable bonds is 7. The van der Waals surface area contributed by atoms with Crippen molar-refractivity contribution in [2.45, 2.75) is 51.5 Å². The second-order valence-electron chi connectivity index (χ2n) is 5.38. The first-order valence-electron chi connectivity index (χ1n) is 7.56. The van der Waals surface area contributed by atoms with Crippen LogP contribution in [-0.2, 0) is 9.59 Å². The molecule has 7 nitrogen and oxygen atoms in total. The van der Waals surface area contributed by atoms with E-state index in [-0.39, 0.29) is 24.9 Å². The third-order valence-electron chi connectivity index (χ3n) is 3.57. The number of amides is 3. The van der Waals surface area contributed by atoms with E-state index < -0.39 is 12.0 Å². The summed E-state index contributed by atoms with van der Waals surface area (Å²) in [4.78, 5) is 36.0. The zero-order chi connectivity index (χ0) is 15.7. The van der Waals surface area contributed by atoms with Crippen molar-refractivity contribution in [2.24, 2.45) is 0 Å². The summed E-state index contributed by atoms with van der Waals surface area (Å²) in [5.41, 5.74) is 0. The fourth-order valence-electron chi connectivity index (χ4n) is 2.47. The molecule has 3 N–H and O–H groups in total. The van der Waals surface area contributed by atoms with Gasteiger partial charge in [-0.1, -0.05) is 19.8 Å². The van der Waals surface area contributed by atoms with E-state index in [1.807, 2.05) is 11.8 Å². The number of hydrogen-bond donors (Lipinski definition) is 3. The molecular weight excluding hydrogens is 274 g/mol. The van der Waals surface area contributed by atoms with Gasteiger partial charge in [0.15, 0.2) is 0 Å². The number of hydrogen-bond acceptors (Lipinski definition) is 4. The van der Waals surface area contributed by atoms with Crippen molar-refractivity contribution < 1.29 is 19.5 Å². The standard InChI is InChI=1S/C14H25N3O4/c1-2-3-7-15-14(21)16-12(18)10-17-8-5-4-6-11(17)9-13(19)20/h11H,2-10H2,1H3,(H,19,20)(H2,15,16,18,21). The molecule has 7 heteroatoms. The topological polar surface area (TPSA) is 98.7 Å². The van der Waals surface area contributed by atoms with E-state index in [0.29, 0.717) is 13.1 Å². The van der Waals surface area contributed by atoms with E-state index in [0.717, 1.165) is 32.1 Å². The number of imide groups is 1. The number of carboxylic acid groups (broad SMARTS) is 1. The van der Waals surface area contributed by atoms with Crippen LogP contribution in [0.2, 0.25) is 0 Å². The van der Waals surface area contributed by atoms with E-state index in [2.05, 4.69) is 10.6 Å². The number of piperidine rings is 1. The third kappa shape index (κ3) is 7.08. The minimum atomic E-state index is -0.857. The van der Waals surface area contributed by atoms with Crippen LogP contribution in [0.3, 0.4) is 0 Å². The predicted molar refractivity (Wildman–Crippen MR) is 77.9 cm³/mol. The summed E-state index contributed by atoms with van der Waals surface area (Å²) in [7, 11) is 0. The Kier molecular flexibility index (Phi) is 7.74. The first kappa shape index (κ1) is 17.4. The SMILES string of the molecule is CCCCNC(=O)NC(=O)CN1CCCCC1CC(=O)O. The highest BCUT2D eigenvalue weighted by atomic mass is 16.4. The Balaban J connectivity index is 2.37. The van der Waals surface area contributed by atoms with E-state index in [9.17, 15) is 14.4 Å². The summed E-state index contributed by atoms with van der Waals surface area (Å²) in [6.45, 7) is 3.33. The van der Waals surface area contributed by atoms with Crippen LogP contribution >= 0.6 is 0 Å². The smallest absolute Gasteiger partial charge is 0.321 e. The van der Waals surface area contributed by atoms with Crippen LogP contribution in [0.25, 0.3) is 0 Å². The average Bonchev–Trinajstić information content (AvgIpc) is 2.40. The maximum Gasteiger partial charge on any atom is 0.321 e. The van der Waals surface area contributed by atoms with E-state index in [4.69, 9.17) is 5.11 Å². The van der Waals surface area contributed by atoms with Crippen LogP contribution in [0.5, 0.6) is 0 Å².